The third-order valence-corrected chi connectivity index (χ3v) is 6.78. The van der Waals surface area contributed by atoms with Crippen LogP contribution in [0, 0.1) is 5.41 Å². The zero-order chi connectivity index (χ0) is 21.2. The predicted molar refractivity (Wildman–Crippen MR) is 137 cm³/mol. The topological polar surface area (TPSA) is 65.9 Å². The number of hydrogen-bond acceptors (Lipinski definition) is 3. The first kappa shape index (κ1) is 27.5. The molecule has 1 fully saturated rings. The summed E-state index contributed by atoms with van der Waals surface area (Å²) < 4.78 is 5.65. The molecule has 1 aliphatic rings. The number of ether oxygens (including phenoxy) is 1. The van der Waals surface area contributed by atoms with E-state index in [1.165, 1.54) is 5.56 Å². The van der Waals surface area contributed by atoms with Crippen molar-refractivity contribution in [2.75, 3.05) is 39.5 Å². The van der Waals surface area contributed by atoms with Gasteiger partial charge in [0.2, 0.25) is 0 Å². The fourth-order valence-electron chi connectivity index (χ4n) is 4.13. The molecule has 30 heavy (non-hydrogen) atoms. The molecule has 0 aliphatic carbocycles. The summed E-state index contributed by atoms with van der Waals surface area (Å²) in [6.07, 6.45) is 4.72. The van der Waals surface area contributed by atoms with Crippen molar-refractivity contribution in [2.24, 2.45) is 10.4 Å². The third-order valence-electron chi connectivity index (χ3n) is 6.54. The summed E-state index contributed by atoms with van der Waals surface area (Å²) in [5.74, 6) is 0.838. The van der Waals surface area contributed by atoms with Crippen LogP contribution in [0.2, 0.25) is 5.02 Å². The Hall–Kier alpha value is -0.570. The summed E-state index contributed by atoms with van der Waals surface area (Å²) in [7, 11) is 0. The number of benzene rings is 1. The van der Waals surface area contributed by atoms with Crippen molar-refractivity contribution >= 4 is 41.5 Å². The summed E-state index contributed by atoms with van der Waals surface area (Å²) in [5, 5.41) is 17.2. The molecule has 1 heterocycles. The molecule has 172 valence electrons. The standard InChI is InChI=1S/C23H38ClN3O2.HI/c1-4-22(5-2,10-13-28)17-26-21(25-6-3)27-18-23(11-14-29-15-12-23)19-8-7-9-20(24)16-19;/h7-9,16,28H,4-6,10-15,17-18H2,1-3H3,(H2,25,26,27);1H. The number of halogens is 2. The van der Waals surface area contributed by atoms with Crippen LogP contribution >= 0.6 is 35.6 Å². The Morgan fingerprint density at radius 2 is 1.90 bits per heavy atom. The molecular formula is C23H39ClIN3O2. The van der Waals surface area contributed by atoms with Crippen LogP contribution < -0.4 is 10.6 Å². The Bertz CT molecular complexity index is 647. The Kier molecular flexibility index (Phi) is 12.6. The van der Waals surface area contributed by atoms with E-state index in [4.69, 9.17) is 21.3 Å². The summed E-state index contributed by atoms with van der Waals surface area (Å²) in [4.78, 5) is 4.90. The molecule has 0 aromatic heterocycles. The van der Waals surface area contributed by atoms with E-state index in [0.29, 0.717) is 6.54 Å². The average Bonchev–Trinajstić information content (AvgIpc) is 2.75. The molecule has 7 heteroatoms. The lowest BCUT2D eigenvalue weighted by Crippen LogP contribution is -2.48. The van der Waals surface area contributed by atoms with Crippen molar-refractivity contribution in [1.82, 2.24) is 10.6 Å². The normalized spacial score (nSPS) is 16.6. The van der Waals surface area contributed by atoms with Gasteiger partial charge in [0.05, 0.1) is 0 Å². The first-order chi connectivity index (χ1) is 14.0. The molecule has 3 N–H and O–H groups in total. The van der Waals surface area contributed by atoms with Crippen molar-refractivity contribution in [2.45, 2.75) is 58.3 Å². The number of aliphatic hydroxyl groups excluding tert-OH is 1. The highest BCUT2D eigenvalue weighted by Gasteiger charge is 2.35. The van der Waals surface area contributed by atoms with Crippen LogP contribution in [0.25, 0.3) is 0 Å². The Balaban J connectivity index is 0.00000450. The van der Waals surface area contributed by atoms with Crippen molar-refractivity contribution in [1.29, 1.82) is 0 Å². The van der Waals surface area contributed by atoms with Crippen LogP contribution in [0.15, 0.2) is 29.3 Å². The van der Waals surface area contributed by atoms with Crippen LogP contribution in [-0.2, 0) is 10.2 Å². The highest BCUT2D eigenvalue weighted by Crippen LogP contribution is 2.35. The molecule has 0 bridgehead atoms. The minimum atomic E-state index is -0.0168. The average molecular weight is 552 g/mol. The largest absolute Gasteiger partial charge is 0.396 e. The highest BCUT2D eigenvalue weighted by atomic mass is 127. The van der Waals surface area contributed by atoms with E-state index in [2.05, 4.69) is 43.5 Å². The van der Waals surface area contributed by atoms with Gasteiger partial charge in [-0.15, -0.1) is 24.0 Å². The van der Waals surface area contributed by atoms with E-state index in [0.717, 1.165) is 69.4 Å². The van der Waals surface area contributed by atoms with Gasteiger partial charge in [0.1, 0.15) is 0 Å². The molecule has 0 saturated carbocycles. The highest BCUT2D eigenvalue weighted by molar-refractivity contribution is 14.0. The zero-order valence-electron chi connectivity index (χ0n) is 18.7. The van der Waals surface area contributed by atoms with Gasteiger partial charge in [0.25, 0.3) is 0 Å². The monoisotopic (exact) mass is 551 g/mol. The maximum Gasteiger partial charge on any atom is 0.191 e. The van der Waals surface area contributed by atoms with Gasteiger partial charge in [-0.3, -0.25) is 4.99 Å². The number of hydrogen-bond donors (Lipinski definition) is 3. The second-order valence-electron chi connectivity index (χ2n) is 8.13. The number of aliphatic imine (C=N–C) groups is 1. The maximum absolute atomic E-state index is 9.49. The molecule has 0 unspecified atom stereocenters. The van der Waals surface area contributed by atoms with E-state index >= 15 is 0 Å². The molecule has 5 nitrogen and oxygen atoms in total. The minimum Gasteiger partial charge on any atom is -0.396 e. The first-order valence-corrected chi connectivity index (χ1v) is 11.4. The Morgan fingerprint density at radius 3 is 2.47 bits per heavy atom. The minimum absolute atomic E-state index is 0. The van der Waals surface area contributed by atoms with Crippen LogP contribution in [0.4, 0.5) is 0 Å². The van der Waals surface area contributed by atoms with Gasteiger partial charge in [-0.25, -0.2) is 0 Å². The van der Waals surface area contributed by atoms with Gasteiger partial charge in [0.15, 0.2) is 5.96 Å². The van der Waals surface area contributed by atoms with Crippen molar-refractivity contribution < 1.29 is 9.84 Å². The second-order valence-corrected chi connectivity index (χ2v) is 8.57. The van der Waals surface area contributed by atoms with Crippen LogP contribution in [-0.4, -0.2) is 50.5 Å². The van der Waals surface area contributed by atoms with Gasteiger partial charge in [-0.05, 0) is 62.1 Å². The zero-order valence-corrected chi connectivity index (χ0v) is 21.8. The number of nitrogens with zero attached hydrogens (tertiary/aromatic N) is 1. The van der Waals surface area contributed by atoms with Gasteiger partial charge in [-0.1, -0.05) is 37.6 Å². The smallest absolute Gasteiger partial charge is 0.191 e. The van der Waals surface area contributed by atoms with Crippen LogP contribution in [0.1, 0.15) is 58.4 Å². The van der Waals surface area contributed by atoms with E-state index < -0.39 is 0 Å². The van der Waals surface area contributed by atoms with Gasteiger partial charge in [-0.2, -0.15) is 0 Å². The summed E-state index contributed by atoms with van der Waals surface area (Å²) in [6.45, 7) is 10.5. The SMILES string of the molecule is CCNC(=NCC(CC)(CC)CCO)NCC1(c2cccc(Cl)c2)CCOCC1.I. The number of rotatable bonds is 10. The van der Waals surface area contributed by atoms with Crippen LogP contribution in [0.5, 0.6) is 0 Å². The molecule has 1 aliphatic heterocycles. The fraction of sp³-hybridized carbons (Fsp3) is 0.696. The Labute approximate surface area is 204 Å². The van der Waals surface area contributed by atoms with Crippen molar-refractivity contribution in [3.05, 3.63) is 34.9 Å². The van der Waals surface area contributed by atoms with Gasteiger partial charge in [0, 0.05) is 49.9 Å². The second kappa shape index (κ2) is 13.8. The van der Waals surface area contributed by atoms with Crippen molar-refractivity contribution in [3.63, 3.8) is 0 Å². The molecule has 2 rings (SSSR count). The molecule has 1 aromatic rings. The lowest BCUT2D eigenvalue weighted by molar-refractivity contribution is 0.0514. The molecule has 0 radical (unpaired) electrons. The van der Waals surface area contributed by atoms with E-state index in [-0.39, 0.29) is 41.4 Å². The van der Waals surface area contributed by atoms with E-state index in [1.807, 2.05) is 12.1 Å². The number of guanidine groups is 1. The van der Waals surface area contributed by atoms with Gasteiger partial charge < -0.3 is 20.5 Å². The molecule has 0 amide bonds. The predicted octanol–water partition coefficient (Wildman–Crippen LogP) is 4.75. The molecule has 1 aromatic carbocycles. The van der Waals surface area contributed by atoms with Gasteiger partial charge >= 0.3 is 0 Å². The first-order valence-electron chi connectivity index (χ1n) is 11.0. The molecule has 0 atom stereocenters. The molecule has 0 spiro atoms. The number of aliphatic hydroxyl groups is 1. The van der Waals surface area contributed by atoms with Crippen molar-refractivity contribution in [3.8, 4) is 0 Å². The maximum atomic E-state index is 9.49. The Morgan fingerprint density at radius 1 is 1.20 bits per heavy atom. The van der Waals surface area contributed by atoms with E-state index in [1.54, 1.807) is 0 Å². The third kappa shape index (κ3) is 7.53. The summed E-state index contributed by atoms with van der Waals surface area (Å²) in [5.41, 5.74) is 1.30. The molecule has 1 saturated heterocycles. The quantitative estimate of drug-likeness (QED) is 0.223. The summed E-state index contributed by atoms with van der Waals surface area (Å²) in [6, 6.07) is 8.20. The fourth-order valence-corrected chi connectivity index (χ4v) is 4.32. The lowest BCUT2D eigenvalue weighted by atomic mass is 9.74. The van der Waals surface area contributed by atoms with Crippen LogP contribution in [0.3, 0.4) is 0 Å². The van der Waals surface area contributed by atoms with E-state index in [9.17, 15) is 5.11 Å². The lowest BCUT2D eigenvalue weighted by Gasteiger charge is -2.38. The summed E-state index contributed by atoms with van der Waals surface area (Å²) >= 11 is 6.29. The number of nitrogens with one attached hydrogen (secondary N) is 2. The molecular weight excluding hydrogens is 513 g/mol.